The summed E-state index contributed by atoms with van der Waals surface area (Å²) >= 11 is 0. The van der Waals surface area contributed by atoms with Gasteiger partial charge in [0.05, 0.1) is 11.3 Å². The van der Waals surface area contributed by atoms with Crippen molar-refractivity contribution in [2.75, 3.05) is 7.05 Å². The van der Waals surface area contributed by atoms with Gasteiger partial charge in [0.25, 0.3) is 0 Å². The van der Waals surface area contributed by atoms with Gasteiger partial charge in [-0.15, -0.1) is 0 Å². The van der Waals surface area contributed by atoms with E-state index in [2.05, 4.69) is 55.1 Å². The second kappa shape index (κ2) is 10.5. The zero-order valence-electron chi connectivity index (χ0n) is 21.0. The number of hydrogen-bond donors (Lipinski definition) is 0. The molecule has 0 saturated heterocycles. The van der Waals surface area contributed by atoms with Crippen molar-refractivity contribution in [3.05, 3.63) is 88.7 Å². The summed E-state index contributed by atoms with van der Waals surface area (Å²) < 4.78 is 13.6. The molecular formula is C28H33N3O3. The Hall–Kier alpha value is -3.67. The number of hydrogen-bond acceptors (Lipinski definition) is 5. The van der Waals surface area contributed by atoms with Gasteiger partial charge in [0.2, 0.25) is 6.29 Å². The number of allylic oxidation sites excluding steroid dienone is 1. The van der Waals surface area contributed by atoms with Gasteiger partial charge in [-0.3, -0.25) is 9.67 Å². The molecule has 0 radical (unpaired) electrons. The maximum atomic E-state index is 12.6. The highest BCUT2D eigenvalue weighted by molar-refractivity contribution is 6.18. The summed E-state index contributed by atoms with van der Waals surface area (Å²) in [7, 11) is 3.57. The van der Waals surface area contributed by atoms with E-state index in [0.717, 1.165) is 22.5 Å². The smallest absolute Gasteiger partial charge is 0.341 e. The van der Waals surface area contributed by atoms with E-state index in [4.69, 9.17) is 9.47 Å². The first-order chi connectivity index (χ1) is 16.1. The normalized spacial score (nSPS) is 13.5. The fraction of sp³-hybridized carbons (Fsp3) is 0.321. The van der Waals surface area contributed by atoms with Gasteiger partial charge < -0.3 is 9.47 Å². The van der Waals surface area contributed by atoms with Gasteiger partial charge in [0, 0.05) is 32.8 Å². The highest BCUT2D eigenvalue weighted by atomic mass is 16.7. The molecular weight excluding hydrogens is 426 g/mol. The molecule has 34 heavy (non-hydrogen) atoms. The highest BCUT2D eigenvalue weighted by Gasteiger charge is 2.22. The lowest BCUT2D eigenvalue weighted by atomic mass is 9.86. The van der Waals surface area contributed by atoms with E-state index < -0.39 is 12.3 Å². The molecule has 0 amide bonds. The van der Waals surface area contributed by atoms with Crippen LogP contribution in [0.4, 0.5) is 0 Å². The SMILES string of the molecule is CN=C/C(=C(/OC(C)OC(=O)c1ccccc1)c1cc(C)nn1C)c1ccc(C(C)(C)C)cc1. The van der Waals surface area contributed by atoms with E-state index in [-0.39, 0.29) is 5.41 Å². The quantitative estimate of drug-likeness (QED) is 0.193. The maximum Gasteiger partial charge on any atom is 0.341 e. The van der Waals surface area contributed by atoms with E-state index in [1.165, 1.54) is 5.56 Å². The lowest BCUT2D eigenvalue weighted by Gasteiger charge is -2.21. The molecule has 0 fully saturated rings. The first kappa shape index (κ1) is 25.0. The fourth-order valence-electron chi connectivity index (χ4n) is 3.61. The lowest BCUT2D eigenvalue weighted by molar-refractivity contribution is -0.0514. The summed E-state index contributed by atoms with van der Waals surface area (Å²) in [6.45, 7) is 10.2. The van der Waals surface area contributed by atoms with Gasteiger partial charge in [-0.05, 0) is 41.7 Å². The van der Waals surface area contributed by atoms with Gasteiger partial charge >= 0.3 is 5.97 Å². The number of carbonyl (C=O) groups excluding carboxylic acids is 1. The Kier molecular flexibility index (Phi) is 7.72. The third-order valence-corrected chi connectivity index (χ3v) is 5.37. The predicted molar refractivity (Wildman–Crippen MR) is 137 cm³/mol. The molecule has 1 atom stereocenters. The number of nitrogens with zero attached hydrogens (tertiary/aromatic N) is 3. The van der Waals surface area contributed by atoms with Crippen LogP contribution in [0.15, 0.2) is 65.7 Å². The van der Waals surface area contributed by atoms with Crippen LogP contribution < -0.4 is 0 Å². The van der Waals surface area contributed by atoms with Crippen LogP contribution in [-0.2, 0) is 21.9 Å². The summed E-state index contributed by atoms with van der Waals surface area (Å²) in [5.41, 5.74) is 5.06. The second-order valence-electron chi connectivity index (χ2n) is 9.21. The van der Waals surface area contributed by atoms with Crippen LogP contribution in [0.1, 0.15) is 60.6 Å². The molecule has 0 aliphatic heterocycles. The van der Waals surface area contributed by atoms with Crippen LogP contribution in [0, 0.1) is 6.92 Å². The zero-order chi connectivity index (χ0) is 24.9. The van der Waals surface area contributed by atoms with Gasteiger partial charge in [0.15, 0.2) is 5.76 Å². The summed E-state index contributed by atoms with van der Waals surface area (Å²) in [5, 5.41) is 4.48. The summed E-state index contributed by atoms with van der Waals surface area (Å²) in [5.74, 6) is 0.0828. The largest absolute Gasteiger partial charge is 0.452 e. The molecule has 1 heterocycles. The van der Waals surface area contributed by atoms with Crippen LogP contribution in [0.5, 0.6) is 0 Å². The van der Waals surface area contributed by atoms with Crippen LogP contribution in [0.2, 0.25) is 0 Å². The molecule has 0 N–H and O–H groups in total. The van der Waals surface area contributed by atoms with Crippen molar-refractivity contribution in [1.29, 1.82) is 0 Å². The average molecular weight is 460 g/mol. The van der Waals surface area contributed by atoms with E-state index in [9.17, 15) is 4.79 Å². The van der Waals surface area contributed by atoms with Crippen molar-refractivity contribution < 1.29 is 14.3 Å². The number of aryl methyl sites for hydroxylation is 2. The summed E-state index contributed by atoms with van der Waals surface area (Å²) in [6, 6.07) is 19.2. The van der Waals surface area contributed by atoms with Crippen molar-refractivity contribution >= 4 is 23.5 Å². The minimum Gasteiger partial charge on any atom is -0.452 e. The number of rotatable bonds is 7. The van der Waals surface area contributed by atoms with E-state index in [0.29, 0.717) is 11.3 Å². The van der Waals surface area contributed by atoms with E-state index >= 15 is 0 Å². The fourth-order valence-corrected chi connectivity index (χ4v) is 3.61. The van der Waals surface area contributed by atoms with E-state index in [1.54, 1.807) is 49.1 Å². The van der Waals surface area contributed by atoms with Gasteiger partial charge in [-0.2, -0.15) is 5.10 Å². The van der Waals surface area contributed by atoms with Crippen LogP contribution >= 0.6 is 0 Å². The molecule has 6 nitrogen and oxygen atoms in total. The topological polar surface area (TPSA) is 65.7 Å². The van der Waals surface area contributed by atoms with Crippen molar-refractivity contribution in [2.45, 2.75) is 46.3 Å². The first-order valence-electron chi connectivity index (χ1n) is 11.3. The molecule has 3 rings (SSSR count). The highest BCUT2D eigenvalue weighted by Crippen LogP contribution is 2.30. The molecule has 3 aromatic rings. The predicted octanol–water partition coefficient (Wildman–Crippen LogP) is 5.81. The molecule has 0 aliphatic carbocycles. The summed E-state index contributed by atoms with van der Waals surface area (Å²) in [6.07, 6.45) is 0.919. The van der Waals surface area contributed by atoms with Crippen molar-refractivity contribution in [1.82, 2.24) is 9.78 Å². The number of benzene rings is 2. The van der Waals surface area contributed by atoms with Crippen molar-refractivity contribution in [2.24, 2.45) is 12.0 Å². The molecule has 0 aliphatic rings. The monoisotopic (exact) mass is 459 g/mol. The number of ether oxygens (including phenoxy) is 2. The standard InChI is InChI=1S/C28H33N3O3/c1-19-17-25(31(7)30-19)26(33-20(2)34-27(32)22-11-9-8-10-12-22)24(18-29-6)21-13-15-23(16-14-21)28(3,4)5/h8-18,20H,1-7H3/b26-24-,29-18?. The van der Waals surface area contributed by atoms with Crippen molar-refractivity contribution in [3.8, 4) is 0 Å². The average Bonchev–Trinajstić information content (AvgIpc) is 3.13. The Morgan fingerprint density at radius 3 is 2.21 bits per heavy atom. The van der Waals surface area contributed by atoms with Gasteiger partial charge in [-0.1, -0.05) is 63.2 Å². The zero-order valence-corrected chi connectivity index (χ0v) is 21.0. The van der Waals surface area contributed by atoms with Crippen LogP contribution in [-0.4, -0.2) is 35.3 Å². The first-order valence-corrected chi connectivity index (χ1v) is 11.3. The molecule has 1 aromatic heterocycles. The Morgan fingerprint density at radius 1 is 1.03 bits per heavy atom. The molecule has 0 bridgehead atoms. The third kappa shape index (κ3) is 6.01. The number of carbonyl (C=O) groups is 1. The second-order valence-corrected chi connectivity index (χ2v) is 9.21. The Balaban J connectivity index is 2.04. The van der Waals surface area contributed by atoms with Gasteiger partial charge in [-0.25, -0.2) is 4.79 Å². The minimum atomic E-state index is -0.841. The molecule has 1 unspecified atom stereocenters. The van der Waals surface area contributed by atoms with Crippen molar-refractivity contribution in [3.63, 3.8) is 0 Å². The number of aromatic nitrogens is 2. The molecule has 2 aromatic carbocycles. The van der Waals surface area contributed by atoms with Crippen LogP contribution in [0.25, 0.3) is 11.3 Å². The van der Waals surface area contributed by atoms with E-state index in [1.807, 2.05) is 26.1 Å². The molecule has 178 valence electrons. The summed E-state index contributed by atoms with van der Waals surface area (Å²) in [4.78, 5) is 16.9. The Labute approximate surface area is 201 Å². The lowest BCUT2D eigenvalue weighted by Crippen LogP contribution is -2.19. The molecule has 6 heteroatoms. The van der Waals surface area contributed by atoms with Gasteiger partial charge in [0.1, 0.15) is 5.69 Å². The number of aliphatic imine (C=N–C) groups is 1. The molecule has 0 spiro atoms. The minimum absolute atomic E-state index is 0.0416. The maximum absolute atomic E-state index is 12.6. The Bertz CT molecular complexity index is 1180. The third-order valence-electron chi connectivity index (χ3n) is 5.37. The number of esters is 1. The molecule has 0 saturated carbocycles. The van der Waals surface area contributed by atoms with Crippen LogP contribution in [0.3, 0.4) is 0 Å². The Morgan fingerprint density at radius 2 is 1.68 bits per heavy atom.